The molecule has 4 unspecified atom stereocenters. The van der Waals surface area contributed by atoms with E-state index in [0.29, 0.717) is 51.4 Å². The van der Waals surface area contributed by atoms with Crippen molar-refractivity contribution in [2.24, 2.45) is 0 Å². The number of carbonyl (C=O) groups is 4. The molecule has 642 valence electrons. The second kappa shape index (κ2) is 79.9. The van der Waals surface area contributed by atoms with Crippen LogP contribution in [0.5, 0.6) is 0 Å². The molecule has 0 aliphatic rings. The van der Waals surface area contributed by atoms with Gasteiger partial charge in [0.2, 0.25) is 0 Å². The van der Waals surface area contributed by atoms with E-state index in [0.717, 1.165) is 148 Å². The first-order valence-electron chi connectivity index (χ1n) is 44.8. The molecule has 0 rings (SSSR count). The highest BCUT2D eigenvalue weighted by atomic mass is 31.2. The molecule has 108 heavy (non-hydrogen) atoms. The van der Waals surface area contributed by atoms with Crippen molar-refractivity contribution in [1.82, 2.24) is 10.6 Å². The number of carbonyl (C=O) groups excluding carboxylic acids is 4. The minimum atomic E-state index is -5.00. The lowest BCUT2D eigenvalue weighted by molar-refractivity contribution is -0.232. The SMILES string of the molecule is CCCCCCCCCCCCCCC(=O)O[C@@H](COCC[C@@H](CCCCCCC)OC(=O)CCCCCCCCCCCC)COP(=O)([O-])OCCNC(=O)NCCOP(=O)([O-])OC[C@H](COCCC(CCCCCCC)OC(=O)CCCCCCCCCCC)OC(O)CCCCCCCCCCCCC. The normalized spacial score (nSPS) is 14.2. The van der Waals surface area contributed by atoms with Crippen LogP contribution in [0.25, 0.3) is 0 Å². The summed E-state index contributed by atoms with van der Waals surface area (Å²) in [7, 11) is -9.98. The first-order chi connectivity index (χ1) is 52.5. The molecule has 0 saturated heterocycles. The van der Waals surface area contributed by atoms with Gasteiger partial charge in [-0.05, 0) is 57.8 Å². The molecule has 0 radical (unpaired) electrons. The van der Waals surface area contributed by atoms with Gasteiger partial charge in [0.1, 0.15) is 24.4 Å². The summed E-state index contributed by atoms with van der Waals surface area (Å²) >= 11 is 0. The summed E-state index contributed by atoms with van der Waals surface area (Å²) in [6.07, 6.45) is 58.6. The Hall–Kier alpha value is -2.26. The third-order valence-electron chi connectivity index (χ3n) is 19.9. The molecule has 0 bridgehead atoms. The van der Waals surface area contributed by atoms with Crippen LogP contribution in [-0.4, -0.2) is 126 Å². The number of phosphoric ester groups is 2. The number of amides is 2. The third kappa shape index (κ3) is 76.4. The minimum Gasteiger partial charge on any atom is -0.756 e. The highest BCUT2D eigenvalue weighted by molar-refractivity contribution is 7.46. The number of aliphatic hydroxyl groups is 1. The molecule has 2 amide bonds. The zero-order valence-corrected chi connectivity index (χ0v) is 71.9. The topological polar surface area (TPSA) is 285 Å². The van der Waals surface area contributed by atoms with Crippen molar-refractivity contribution in [2.45, 2.75) is 457 Å². The number of aliphatic hydroxyl groups excluding tert-OH is 1. The lowest BCUT2D eigenvalue weighted by atomic mass is 10.0. The van der Waals surface area contributed by atoms with Gasteiger partial charge in [0.25, 0.3) is 15.6 Å². The van der Waals surface area contributed by atoms with Gasteiger partial charge in [-0.15, -0.1) is 0 Å². The molecular weight excluding hydrogens is 1410 g/mol. The first-order valence-corrected chi connectivity index (χ1v) is 47.7. The van der Waals surface area contributed by atoms with Gasteiger partial charge in [0, 0.05) is 45.2 Å². The summed E-state index contributed by atoms with van der Waals surface area (Å²) < 4.78 is 82.4. The molecule has 23 heteroatoms. The molecule has 3 N–H and O–H groups in total. The van der Waals surface area contributed by atoms with Crippen LogP contribution in [0.3, 0.4) is 0 Å². The number of urea groups is 1. The van der Waals surface area contributed by atoms with Crippen LogP contribution in [0.1, 0.15) is 427 Å². The van der Waals surface area contributed by atoms with Gasteiger partial charge >= 0.3 is 23.9 Å². The quantitative estimate of drug-likeness (QED) is 0.0168. The fraction of sp³-hybridized carbons (Fsp3) is 0.953. The molecule has 0 aromatic heterocycles. The molecule has 7 atom stereocenters. The van der Waals surface area contributed by atoms with Gasteiger partial charge in [0.15, 0.2) is 6.29 Å². The van der Waals surface area contributed by atoms with Crippen LogP contribution >= 0.6 is 15.6 Å². The van der Waals surface area contributed by atoms with Gasteiger partial charge in [-0.3, -0.25) is 23.5 Å². The molecule has 0 aliphatic carbocycles. The Labute approximate surface area is 660 Å². The van der Waals surface area contributed by atoms with Gasteiger partial charge in [-0.2, -0.15) is 0 Å². The molecule has 0 fully saturated rings. The van der Waals surface area contributed by atoms with Crippen molar-refractivity contribution >= 4 is 39.6 Å². The summed E-state index contributed by atoms with van der Waals surface area (Å²) in [6.45, 7) is 10.6. The Morgan fingerprint density at radius 2 is 0.546 bits per heavy atom. The molecular formula is C85H166N2O19P2-2. The van der Waals surface area contributed by atoms with Crippen molar-refractivity contribution < 1.29 is 89.7 Å². The zero-order chi connectivity index (χ0) is 79.2. The van der Waals surface area contributed by atoms with Crippen LogP contribution in [0.4, 0.5) is 4.79 Å². The van der Waals surface area contributed by atoms with E-state index in [2.05, 4.69) is 52.2 Å². The number of nitrogens with one attached hydrogen (secondary N) is 2. The fourth-order valence-corrected chi connectivity index (χ4v) is 14.6. The molecule has 0 saturated carbocycles. The summed E-state index contributed by atoms with van der Waals surface area (Å²) in [5.74, 6) is -0.919. The van der Waals surface area contributed by atoms with Gasteiger partial charge in [-0.25, -0.2) is 4.79 Å². The van der Waals surface area contributed by atoms with Crippen molar-refractivity contribution in [3.63, 3.8) is 0 Å². The van der Waals surface area contributed by atoms with Crippen LogP contribution in [0.15, 0.2) is 0 Å². The fourth-order valence-electron chi connectivity index (χ4n) is 13.2. The lowest BCUT2D eigenvalue weighted by Gasteiger charge is -2.27. The number of phosphoric acid groups is 2. The maximum absolute atomic E-state index is 13.2. The van der Waals surface area contributed by atoms with Crippen LogP contribution in [0, 0.1) is 0 Å². The average Bonchev–Trinajstić information content (AvgIpc) is 0.915. The number of unbranched alkanes of at least 4 members (excludes halogenated alkanes) is 46. The molecule has 0 aromatic rings. The predicted molar refractivity (Wildman–Crippen MR) is 434 cm³/mol. The van der Waals surface area contributed by atoms with E-state index in [4.69, 9.17) is 46.5 Å². The third-order valence-corrected chi connectivity index (χ3v) is 21.8. The van der Waals surface area contributed by atoms with E-state index in [1.807, 2.05) is 0 Å². The minimum absolute atomic E-state index is 0.115. The van der Waals surface area contributed by atoms with E-state index in [1.165, 1.54) is 180 Å². The van der Waals surface area contributed by atoms with Crippen LogP contribution < -0.4 is 20.4 Å². The van der Waals surface area contributed by atoms with E-state index in [-0.39, 0.29) is 70.1 Å². The standard InChI is InChI=1S/C85H168N2O19P2/c1-7-13-19-25-29-33-36-38-42-46-52-58-64-84(91)106-80(74-98-70-66-78(60-54-48-24-18-12-6)104-82(89)62-56-50-44-40-35-31-27-21-15-9-3)76-102-108(95,96)100-72-68-87-85(92)86-67-71-99-107(93,94)101-75-79(105-83(90)63-57-51-45-41-37-34-30-26-20-14-8-2)73-97-69-65-77(59-53-47-23-17-11-5)103-81(88)61-55-49-43-39-32-28-22-16-10-4/h77-80,83,90H,7-76H2,1-6H3,(H,93,94)(H,95,96)(H2,86,87,92)/p-2/t77?,78-,79+,80+,83?/m1/s1. The lowest BCUT2D eigenvalue weighted by Crippen LogP contribution is -2.39. The molecule has 0 aliphatic heterocycles. The number of esters is 3. The molecule has 0 aromatic carbocycles. The van der Waals surface area contributed by atoms with Crippen LogP contribution in [0.2, 0.25) is 0 Å². The summed E-state index contributed by atoms with van der Waals surface area (Å²) in [5, 5.41) is 15.9. The average molecular weight is 1580 g/mol. The molecule has 0 heterocycles. The van der Waals surface area contributed by atoms with E-state index in [9.17, 15) is 43.2 Å². The Balaban J connectivity index is 5.57. The second-order valence-electron chi connectivity index (χ2n) is 30.5. The number of ether oxygens (including phenoxy) is 6. The maximum Gasteiger partial charge on any atom is 0.314 e. The Bertz CT molecular complexity index is 2090. The molecule has 21 nitrogen and oxygen atoms in total. The molecule has 0 spiro atoms. The summed E-state index contributed by atoms with van der Waals surface area (Å²) in [5.41, 5.74) is 0. The summed E-state index contributed by atoms with van der Waals surface area (Å²) in [4.78, 5) is 78.1. The largest absolute Gasteiger partial charge is 0.756 e. The maximum atomic E-state index is 13.2. The van der Waals surface area contributed by atoms with Gasteiger partial charge in [-0.1, -0.05) is 337 Å². The predicted octanol–water partition coefficient (Wildman–Crippen LogP) is 22.3. The number of rotatable bonds is 87. The smallest absolute Gasteiger partial charge is 0.314 e. The highest BCUT2D eigenvalue weighted by Gasteiger charge is 2.24. The van der Waals surface area contributed by atoms with Crippen LogP contribution in [-0.2, 0) is 70.0 Å². The first kappa shape index (κ1) is 106. The van der Waals surface area contributed by atoms with Crippen molar-refractivity contribution in [3.05, 3.63) is 0 Å². The highest BCUT2D eigenvalue weighted by Crippen LogP contribution is 2.39. The van der Waals surface area contributed by atoms with E-state index >= 15 is 0 Å². The monoisotopic (exact) mass is 1580 g/mol. The Morgan fingerprint density at radius 1 is 0.296 bits per heavy atom. The van der Waals surface area contributed by atoms with Crippen molar-refractivity contribution in [3.8, 4) is 0 Å². The second-order valence-corrected chi connectivity index (χ2v) is 33.3. The Kier molecular flexibility index (Phi) is 78.3. The van der Waals surface area contributed by atoms with Crippen molar-refractivity contribution in [1.29, 1.82) is 0 Å². The Morgan fingerprint density at radius 3 is 0.852 bits per heavy atom. The number of hydrogen-bond acceptors (Lipinski definition) is 19. The van der Waals surface area contributed by atoms with Gasteiger partial charge < -0.3 is 72.0 Å². The van der Waals surface area contributed by atoms with E-state index in [1.54, 1.807) is 0 Å². The van der Waals surface area contributed by atoms with Gasteiger partial charge in [0.05, 0.1) is 52.9 Å². The van der Waals surface area contributed by atoms with E-state index < -0.39 is 72.6 Å². The number of hydrogen-bond donors (Lipinski definition) is 3. The zero-order valence-electron chi connectivity index (χ0n) is 70.1. The van der Waals surface area contributed by atoms with Crippen molar-refractivity contribution in [2.75, 3.05) is 65.9 Å². The summed E-state index contributed by atoms with van der Waals surface area (Å²) in [6, 6.07) is -0.768.